The van der Waals surface area contributed by atoms with Crippen LogP contribution >= 0.6 is 11.8 Å². The molecule has 2 amide bonds. The summed E-state index contributed by atoms with van der Waals surface area (Å²) in [5, 5.41) is 12.6. The molecule has 14 heteroatoms. The summed E-state index contributed by atoms with van der Waals surface area (Å²) in [6.07, 6.45) is -1.08. The van der Waals surface area contributed by atoms with E-state index in [9.17, 15) is 23.9 Å². The van der Waals surface area contributed by atoms with Crippen LogP contribution in [0.3, 0.4) is 0 Å². The first-order valence-corrected chi connectivity index (χ1v) is 16.5. The first kappa shape index (κ1) is 32.5. The highest BCUT2D eigenvalue weighted by atomic mass is 32.2. The fourth-order valence-corrected chi connectivity index (χ4v) is 7.30. The molecule has 49 heavy (non-hydrogen) atoms. The fraction of sp³-hybridized carbons (Fsp3) is 0.286. The van der Waals surface area contributed by atoms with Gasteiger partial charge in [-0.3, -0.25) is 14.5 Å². The molecule has 3 aliphatic rings. The summed E-state index contributed by atoms with van der Waals surface area (Å²) < 4.78 is 41.6. The molecule has 0 saturated carbocycles. The van der Waals surface area contributed by atoms with Gasteiger partial charge in [-0.15, -0.1) is 11.8 Å². The van der Waals surface area contributed by atoms with E-state index >= 15 is 0 Å². The summed E-state index contributed by atoms with van der Waals surface area (Å²) in [6.45, 7) is 1.21. The Hall–Kier alpha value is -5.05. The molecule has 3 atom stereocenters. The highest BCUT2D eigenvalue weighted by molar-refractivity contribution is 8.00. The number of aromatic amines is 1. The summed E-state index contributed by atoms with van der Waals surface area (Å²) >= 11 is 1.36. The van der Waals surface area contributed by atoms with Crippen molar-refractivity contribution < 1.29 is 47.6 Å². The second-order valence-electron chi connectivity index (χ2n) is 11.6. The molecule has 0 bridgehead atoms. The van der Waals surface area contributed by atoms with E-state index in [-0.39, 0.29) is 37.9 Å². The minimum atomic E-state index is -1.08. The van der Waals surface area contributed by atoms with E-state index in [0.717, 1.165) is 33.3 Å². The maximum Gasteiger partial charge on any atom is 0.355 e. The van der Waals surface area contributed by atoms with Crippen LogP contribution in [0.15, 0.2) is 71.9 Å². The second-order valence-corrected chi connectivity index (χ2v) is 12.8. The minimum Gasteiger partial charge on any atom is -0.497 e. The van der Waals surface area contributed by atoms with Crippen LogP contribution in [0.4, 0.5) is 4.39 Å². The SMILES string of the molecule is COc1ccc(COC(=O)C2=C(COC(C)O)CSC3C(NC(=O)COc4ccc5c(c4)OCc4c-5[nH]c5ccc(F)cc45)C(=O)N23)cc1. The van der Waals surface area contributed by atoms with Crippen molar-refractivity contribution in [3.63, 3.8) is 0 Å². The third-order valence-corrected chi connectivity index (χ3v) is 9.76. The van der Waals surface area contributed by atoms with Crippen LogP contribution in [0.5, 0.6) is 17.2 Å². The number of benzene rings is 3. The summed E-state index contributed by atoms with van der Waals surface area (Å²) in [5.41, 5.74) is 4.55. The lowest BCUT2D eigenvalue weighted by atomic mass is 10.0. The predicted molar refractivity (Wildman–Crippen MR) is 176 cm³/mol. The highest BCUT2D eigenvalue weighted by Crippen LogP contribution is 2.43. The van der Waals surface area contributed by atoms with Crippen LogP contribution in [-0.4, -0.2) is 76.6 Å². The van der Waals surface area contributed by atoms with E-state index in [2.05, 4.69) is 10.3 Å². The number of β-lactam (4-membered cyclic amide) rings is 1. The van der Waals surface area contributed by atoms with E-state index in [1.165, 1.54) is 35.7 Å². The van der Waals surface area contributed by atoms with Gasteiger partial charge >= 0.3 is 5.97 Å². The molecule has 3 aliphatic heterocycles. The zero-order valence-corrected chi connectivity index (χ0v) is 27.3. The summed E-state index contributed by atoms with van der Waals surface area (Å²) in [4.78, 5) is 44.3. The van der Waals surface area contributed by atoms with Crippen molar-refractivity contribution in [1.82, 2.24) is 15.2 Å². The second kappa shape index (κ2) is 13.5. The number of nitrogens with one attached hydrogen (secondary N) is 2. The maximum absolute atomic E-state index is 13.8. The van der Waals surface area contributed by atoms with Crippen LogP contribution in [0, 0.1) is 5.82 Å². The molecule has 7 rings (SSSR count). The van der Waals surface area contributed by atoms with Gasteiger partial charge in [-0.05, 0) is 60.5 Å². The van der Waals surface area contributed by atoms with Gasteiger partial charge in [-0.2, -0.15) is 0 Å². The Morgan fingerprint density at radius 2 is 1.92 bits per heavy atom. The maximum atomic E-state index is 13.8. The van der Waals surface area contributed by atoms with Crippen LogP contribution in [0.25, 0.3) is 22.2 Å². The smallest absolute Gasteiger partial charge is 0.355 e. The number of aliphatic hydroxyl groups is 1. The van der Waals surface area contributed by atoms with Gasteiger partial charge in [0.1, 0.15) is 53.4 Å². The molecule has 3 N–H and O–H groups in total. The Kier molecular flexibility index (Phi) is 8.92. The van der Waals surface area contributed by atoms with Gasteiger partial charge in [0.25, 0.3) is 11.8 Å². The molecule has 254 valence electrons. The van der Waals surface area contributed by atoms with Gasteiger partial charge in [0, 0.05) is 33.8 Å². The quantitative estimate of drug-likeness (QED) is 0.120. The topological polar surface area (TPSA) is 149 Å². The number of ether oxygens (including phenoxy) is 5. The van der Waals surface area contributed by atoms with Crippen molar-refractivity contribution >= 4 is 40.4 Å². The van der Waals surface area contributed by atoms with E-state index in [0.29, 0.717) is 28.6 Å². The van der Waals surface area contributed by atoms with Crippen molar-refractivity contribution in [1.29, 1.82) is 0 Å². The first-order chi connectivity index (χ1) is 23.7. The Morgan fingerprint density at radius 3 is 2.69 bits per heavy atom. The Morgan fingerprint density at radius 1 is 1.12 bits per heavy atom. The Labute approximate surface area is 284 Å². The van der Waals surface area contributed by atoms with E-state index in [1.54, 1.807) is 55.6 Å². The number of H-pyrrole nitrogens is 1. The lowest BCUT2D eigenvalue weighted by Gasteiger charge is -2.49. The third kappa shape index (κ3) is 6.42. The number of amides is 2. The van der Waals surface area contributed by atoms with Crippen LogP contribution in [-0.2, 0) is 37.1 Å². The number of halogens is 1. The van der Waals surface area contributed by atoms with Crippen LogP contribution < -0.4 is 19.5 Å². The molecular formula is C35H32FN3O9S. The molecule has 0 spiro atoms. The number of hydrogen-bond acceptors (Lipinski definition) is 10. The molecular weight excluding hydrogens is 657 g/mol. The average molecular weight is 690 g/mol. The average Bonchev–Trinajstić information content (AvgIpc) is 3.48. The Balaban J connectivity index is 0.986. The number of esters is 1. The fourth-order valence-electron chi connectivity index (χ4n) is 5.98. The number of thioether (sulfide) groups is 1. The number of rotatable bonds is 11. The summed E-state index contributed by atoms with van der Waals surface area (Å²) in [5.74, 6) is -0.121. The minimum absolute atomic E-state index is 0.0369. The van der Waals surface area contributed by atoms with E-state index in [1.807, 2.05) is 0 Å². The largest absolute Gasteiger partial charge is 0.497 e. The normalized spacial score (nSPS) is 18.4. The van der Waals surface area contributed by atoms with Gasteiger partial charge in [-0.25, -0.2) is 9.18 Å². The van der Waals surface area contributed by atoms with Crippen molar-refractivity contribution in [2.75, 3.05) is 26.1 Å². The standard InChI is InChI=1S/C35H32FN3O9S/c1-18(40)45-14-20-17-49-34-31(33(42)39(34)32(20)35(43)48-13-19-3-6-22(44-2)7-4-19)38-29(41)16-46-23-8-9-24-28(12-23)47-15-26-25-11-21(36)5-10-27(25)37-30(24)26/h3-12,18,31,34,37,40H,13-17H2,1-2H3,(H,38,41). The molecule has 0 radical (unpaired) electrons. The molecule has 0 aliphatic carbocycles. The molecule has 1 saturated heterocycles. The number of carbonyl (C=O) groups excluding carboxylic acids is 3. The number of aromatic nitrogens is 1. The number of carbonyl (C=O) groups is 3. The molecule has 12 nitrogen and oxygen atoms in total. The Bertz CT molecular complexity index is 1980. The highest BCUT2D eigenvalue weighted by Gasteiger charge is 2.54. The molecule has 1 fully saturated rings. The molecule has 1 aromatic heterocycles. The van der Waals surface area contributed by atoms with Crippen LogP contribution in [0.1, 0.15) is 18.1 Å². The predicted octanol–water partition coefficient (Wildman–Crippen LogP) is 4.01. The number of hydrogen-bond donors (Lipinski definition) is 3. The third-order valence-electron chi connectivity index (χ3n) is 8.42. The zero-order chi connectivity index (χ0) is 34.2. The molecule has 4 aromatic rings. The lowest BCUT2D eigenvalue weighted by Crippen LogP contribution is -2.71. The van der Waals surface area contributed by atoms with Gasteiger partial charge in [0.15, 0.2) is 12.9 Å². The number of aliphatic hydroxyl groups excluding tert-OH is 1. The van der Waals surface area contributed by atoms with Crippen molar-refractivity contribution in [3.8, 4) is 28.5 Å². The van der Waals surface area contributed by atoms with Gasteiger partial charge < -0.3 is 39.1 Å². The van der Waals surface area contributed by atoms with Crippen molar-refractivity contribution in [2.24, 2.45) is 0 Å². The van der Waals surface area contributed by atoms with Crippen molar-refractivity contribution in [3.05, 3.63) is 88.9 Å². The monoisotopic (exact) mass is 689 g/mol. The van der Waals surface area contributed by atoms with Crippen LogP contribution in [0.2, 0.25) is 0 Å². The lowest BCUT2D eigenvalue weighted by molar-refractivity contribution is -0.154. The number of methoxy groups -OCH3 is 1. The summed E-state index contributed by atoms with van der Waals surface area (Å²) in [7, 11) is 1.55. The number of nitrogens with zero attached hydrogens (tertiary/aromatic N) is 1. The molecule has 3 aromatic carbocycles. The van der Waals surface area contributed by atoms with Gasteiger partial charge in [0.2, 0.25) is 0 Å². The van der Waals surface area contributed by atoms with E-state index in [4.69, 9.17) is 23.7 Å². The van der Waals surface area contributed by atoms with Crippen molar-refractivity contribution in [2.45, 2.75) is 37.8 Å². The van der Waals surface area contributed by atoms with Gasteiger partial charge in [-0.1, -0.05) is 12.1 Å². The zero-order valence-electron chi connectivity index (χ0n) is 26.5. The summed E-state index contributed by atoms with van der Waals surface area (Å²) in [6, 6.07) is 15.9. The number of fused-ring (bicyclic) bond motifs is 6. The van der Waals surface area contributed by atoms with Gasteiger partial charge in [0.05, 0.1) is 19.4 Å². The first-order valence-electron chi connectivity index (χ1n) is 15.5. The molecule has 4 heterocycles. The van der Waals surface area contributed by atoms with E-state index < -0.39 is 35.5 Å². The molecule has 3 unspecified atom stereocenters.